The van der Waals surface area contributed by atoms with E-state index in [0.29, 0.717) is 0 Å². The number of carbonyl (C=O) groups excluding carboxylic acids is 1. The van der Waals surface area contributed by atoms with E-state index >= 15 is 0 Å². The second-order valence-electron chi connectivity index (χ2n) is 4.61. The Kier molecular flexibility index (Phi) is 5.33. The van der Waals surface area contributed by atoms with Crippen molar-refractivity contribution in [1.82, 2.24) is 5.32 Å². The van der Waals surface area contributed by atoms with Crippen molar-refractivity contribution in [2.24, 2.45) is 0 Å². The first-order chi connectivity index (χ1) is 9.20. The van der Waals surface area contributed by atoms with E-state index < -0.39 is 23.8 Å². The fourth-order valence-electron chi connectivity index (χ4n) is 1.55. The van der Waals surface area contributed by atoms with Crippen molar-refractivity contribution in [3.63, 3.8) is 0 Å². The van der Waals surface area contributed by atoms with Crippen LogP contribution < -0.4 is 5.32 Å². The molecule has 20 heavy (non-hydrogen) atoms. The second-order valence-corrected chi connectivity index (χ2v) is 4.61. The maximum Gasteiger partial charge on any atom is 0.416 e. The zero-order valence-electron chi connectivity index (χ0n) is 11.2. The Morgan fingerprint density at radius 1 is 1.40 bits per heavy atom. The van der Waals surface area contributed by atoms with Crippen LogP contribution in [-0.4, -0.2) is 17.6 Å². The fraction of sp³-hybridized carbons (Fsp3) is 0.357. The van der Waals surface area contributed by atoms with Crippen LogP contribution in [0.1, 0.15) is 31.1 Å². The van der Waals surface area contributed by atoms with Crippen molar-refractivity contribution in [1.29, 1.82) is 0 Å². The molecule has 0 spiro atoms. The summed E-state index contributed by atoms with van der Waals surface area (Å²) in [5, 5.41) is 12.2. The molecule has 0 heterocycles. The summed E-state index contributed by atoms with van der Waals surface area (Å²) in [6.45, 7) is 3.33. The van der Waals surface area contributed by atoms with Gasteiger partial charge >= 0.3 is 6.18 Å². The predicted molar refractivity (Wildman–Crippen MR) is 68.8 cm³/mol. The maximum absolute atomic E-state index is 12.5. The summed E-state index contributed by atoms with van der Waals surface area (Å²) in [5.41, 5.74) is 0.0676. The van der Waals surface area contributed by atoms with Crippen LogP contribution >= 0.6 is 0 Å². The van der Waals surface area contributed by atoms with Crippen LogP contribution in [0.25, 0.3) is 0 Å². The third-order valence-electron chi connectivity index (χ3n) is 2.49. The average molecular weight is 287 g/mol. The molecular formula is C14H16F3NO2. The Bertz CT molecular complexity index is 505. The Labute approximate surface area is 115 Å². The maximum atomic E-state index is 12.5. The summed E-state index contributed by atoms with van der Waals surface area (Å²) in [5.74, 6) is -0.393. The number of hydrogen-bond donors (Lipinski definition) is 2. The van der Waals surface area contributed by atoms with Crippen LogP contribution in [-0.2, 0) is 11.0 Å². The van der Waals surface area contributed by atoms with E-state index in [4.69, 9.17) is 0 Å². The Morgan fingerprint density at radius 2 is 2.05 bits per heavy atom. The number of halogens is 3. The minimum Gasteiger partial charge on any atom is -0.387 e. The van der Waals surface area contributed by atoms with Gasteiger partial charge in [-0.15, -0.1) is 0 Å². The van der Waals surface area contributed by atoms with E-state index in [9.17, 15) is 23.1 Å². The van der Waals surface area contributed by atoms with Crippen LogP contribution in [0, 0.1) is 0 Å². The van der Waals surface area contributed by atoms with Gasteiger partial charge in [0.05, 0.1) is 11.7 Å². The molecule has 0 aliphatic heterocycles. The van der Waals surface area contributed by atoms with Gasteiger partial charge < -0.3 is 10.4 Å². The normalized spacial score (nSPS) is 12.7. The molecule has 6 heteroatoms. The summed E-state index contributed by atoms with van der Waals surface area (Å²) < 4.78 is 37.6. The second kappa shape index (κ2) is 6.56. The van der Waals surface area contributed by atoms with Crippen LogP contribution in [0.15, 0.2) is 35.9 Å². The topological polar surface area (TPSA) is 49.3 Å². The number of hydrogen-bond acceptors (Lipinski definition) is 2. The van der Waals surface area contributed by atoms with Gasteiger partial charge in [0.15, 0.2) is 0 Å². The van der Waals surface area contributed by atoms with Gasteiger partial charge in [0.2, 0.25) is 5.91 Å². The highest BCUT2D eigenvalue weighted by molar-refractivity contribution is 5.88. The Morgan fingerprint density at radius 3 is 2.60 bits per heavy atom. The predicted octanol–water partition coefficient (Wildman–Crippen LogP) is 2.82. The standard InChI is InChI=1S/C14H16F3NO2/c1-9(2)6-13(20)18-8-12(19)10-4-3-5-11(7-10)14(15,16)17/h3-7,12,19H,8H2,1-2H3,(H,18,20). The summed E-state index contributed by atoms with van der Waals surface area (Å²) >= 11 is 0. The molecular weight excluding hydrogens is 271 g/mol. The van der Waals surface area contributed by atoms with E-state index in [1.165, 1.54) is 18.2 Å². The number of carbonyl (C=O) groups is 1. The van der Waals surface area contributed by atoms with E-state index in [0.717, 1.165) is 17.7 Å². The van der Waals surface area contributed by atoms with Crippen molar-refractivity contribution in [2.75, 3.05) is 6.54 Å². The van der Waals surface area contributed by atoms with Gasteiger partial charge in [0, 0.05) is 12.6 Å². The zero-order chi connectivity index (χ0) is 15.3. The highest BCUT2D eigenvalue weighted by Gasteiger charge is 2.30. The van der Waals surface area contributed by atoms with Crippen LogP contribution in [0.5, 0.6) is 0 Å². The lowest BCUT2D eigenvalue weighted by Crippen LogP contribution is -2.27. The third-order valence-corrected chi connectivity index (χ3v) is 2.49. The smallest absolute Gasteiger partial charge is 0.387 e. The molecule has 1 atom stereocenters. The van der Waals surface area contributed by atoms with Crippen molar-refractivity contribution in [3.8, 4) is 0 Å². The van der Waals surface area contributed by atoms with Crippen molar-refractivity contribution < 1.29 is 23.1 Å². The molecule has 2 N–H and O–H groups in total. The first-order valence-electron chi connectivity index (χ1n) is 5.98. The molecule has 1 aromatic rings. The number of rotatable bonds is 4. The van der Waals surface area contributed by atoms with Gasteiger partial charge in [-0.25, -0.2) is 0 Å². The lowest BCUT2D eigenvalue weighted by Gasteiger charge is -2.14. The highest BCUT2D eigenvalue weighted by atomic mass is 19.4. The Balaban J connectivity index is 2.71. The molecule has 3 nitrogen and oxygen atoms in total. The van der Waals surface area contributed by atoms with Gasteiger partial charge in [0.1, 0.15) is 0 Å². The third kappa shape index (κ3) is 5.05. The van der Waals surface area contributed by atoms with Crippen molar-refractivity contribution in [2.45, 2.75) is 26.1 Å². The first kappa shape index (κ1) is 16.2. The number of benzene rings is 1. The molecule has 0 fully saturated rings. The molecule has 0 aliphatic carbocycles. The van der Waals surface area contributed by atoms with E-state index in [2.05, 4.69) is 5.32 Å². The number of aliphatic hydroxyl groups excluding tert-OH is 1. The minimum atomic E-state index is -4.46. The molecule has 1 aromatic carbocycles. The van der Waals surface area contributed by atoms with Gasteiger partial charge in [-0.3, -0.25) is 4.79 Å². The summed E-state index contributed by atoms with van der Waals surface area (Å²) in [7, 11) is 0. The number of aliphatic hydroxyl groups is 1. The number of amides is 1. The zero-order valence-corrected chi connectivity index (χ0v) is 11.2. The number of allylic oxidation sites excluding steroid dienone is 1. The van der Waals surface area contributed by atoms with E-state index in [1.54, 1.807) is 13.8 Å². The molecule has 0 aromatic heterocycles. The van der Waals surface area contributed by atoms with Gasteiger partial charge in [-0.1, -0.05) is 17.7 Å². The molecule has 1 rings (SSSR count). The molecule has 110 valence electrons. The van der Waals surface area contributed by atoms with Crippen LogP contribution in [0.4, 0.5) is 13.2 Å². The summed E-state index contributed by atoms with van der Waals surface area (Å²) in [6, 6.07) is 4.40. The lowest BCUT2D eigenvalue weighted by atomic mass is 10.1. The van der Waals surface area contributed by atoms with Crippen molar-refractivity contribution >= 4 is 5.91 Å². The molecule has 0 bridgehead atoms. The van der Waals surface area contributed by atoms with E-state index in [-0.39, 0.29) is 12.1 Å². The minimum absolute atomic E-state index is 0.109. The monoisotopic (exact) mass is 287 g/mol. The lowest BCUT2D eigenvalue weighted by molar-refractivity contribution is -0.137. The fourth-order valence-corrected chi connectivity index (χ4v) is 1.55. The highest BCUT2D eigenvalue weighted by Crippen LogP contribution is 2.30. The average Bonchev–Trinajstić information content (AvgIpc) is 2.34. The van der Waals surface area contributed by atoms with Crippen molar-refractivity contribution in [3.05, 3.63) is 47.0 Å². The molecule has 1 amide bonds. The van der Waals surface area contributed by atoms with E-state index in [1.807, 2.05) is 0 Å². The van der Waals surface area contributed by atoms with Gasteiger partial charge in [-0.05, 0) is 31.5 Å². The van der Waals surface area contributed by atoms with Crippen LogP contribution in [0.2, 0.25) is 0 Å². The molecule has 0 radical (unpaired) electrons. The number of alkyl halides is 3. The largest absolute Gasteiger partial charge is 0.416 e. The van der Waals surface area contributed by atoms with Gasteiger partial charge in [0.25, 0.3) is 0 Å². The van der Waals surface area contributed by atoms with Crippen LogP contribution in [0.3, 0.4) is 0 Å². The molecule has 1 unspecified atom stereocenters. The SMILES string of the molecule is CC(C)=CC(=O)NCC(O)c1cccc(C(F)(F)F)c1. The Hall–Kier alpha value is -1.82. The summed E-state index contributed by atoms with van der Waals surface area (Å²) in [6.07, 6.45) is -4.30. The number of nitrogens with one attached hydrogen (secondary N) is 1. The molecule has 0 saturated carbocycles. The summed E-state index contributed by atoms with van der Waals surface area (Å²) in [4.78, 5) is 11.3. The molecule has 0 aliphatic rings. The first-order valence-corrected chi connectivity index (χ1v) is 5.98. The quantitative estimate of drug-likeness (QED) is 0.837. The molecule has 0 saturated heterocycles. The van der Waals surface area contributed by atoms with Gasteiger partial charge in [-0.2, -0.15) is 13.2 Å².